The number of hydrogen-bond acceptors (Lipinski definition) is 5. The molecule has 1 aliphatic heterocycles. The van der Waals surface area contributed by atoms with E-state index >= 15 is 0 Å². The van der Waals surface area contributed by atoms with Crippen LogP contribution in [0.4, 0.5) is 11.5 Å². The summed E-state index contributed by atoms with van der Waals surface area (Å²) in [5.74, 6) is 0.652. The highest BCUT2D eigenvalue weighted by Gasteiger charge is 2.28. The van der Waals surface area contributed by atoms with Gasteiger partial charge in [-0.3, -0.25) is 0 Å². The number of nitriles is 1. The van der Waals surface area contributed by atoms with E-state index in [9.17, 15) is 5.11 Å². The number of nitrogens with zero attached hydrogens (tertiary/aromatic N) is 3. The second-order valence-corrected chi connectivity index (χ2v) is 4.69. The first-order valence-electron chi connectivity index (χ1n) is 5.65. The van der Waals surface area contributed by atoms with Crippen LogP contribution in [0.5, 0.6) is 0 Å². The monoisotopic (exact) mass is 232 g/mol. The van der Waals surface area contributed by atoms with E-state index in [0.29, 0.717) is 43.0 Å². The number of piperidine rings is 1. The quantitative estimate of drug-likeness (QED) is 0.750. The lowest BCUT2D eigenvalue weighted by Crippen LogP contribution is -2.43. The van der Waals surface area contributed by atoms with Crippen LogP contribution in [0.15, 0.2) is 12.3 Å². The van der Waals surface area contributed by atoms with Crippen LogP contribution in [-0.2, 0) is 0 Å². The molecule has 0 atom stereocenters. The molecule has 0 aliphatic carbocycles. The summed E-state index contributed by atoms with van der Waals surface area (Å²) in [5, 5.41) is 18.8. The summed E-state index contributed by atoms with van der Waals surface area (Å²) < 4.78 is 0. The van der Waals surface area contributed by atoms with E-state index in [4.69, 9.17) is 11.0 Å². The van der Waals surface area contributed by atoms with Gasteiger partial charge in [-0.05, 0) is 25.8 Å². The number of anilines is 2. The fraction of sp³-hybridized carbons (Fsp3) is 0.500. The van der Waals surface area contributed by atoms with Gasteiger partial charge in [-0.15, -0.1) is 0 Å². The highest BCUT2D eigenvalue weighted by molar-refractivity contribution is 5.70. The highest BCUT2D eigenvalue weighted by Crippen LogP contribution is 2.29. The maximum absolute atomic E-state index is 9.88. The third kappa shape index (κ3) is 2.32. The van der Waals surface area contributed by atoms with Gasteiger partial charge < -0.3 is 15.7 Å². The molecule has 1 saturated heterocycles. The summed E-state index contributed by atoms with van der Waals surface area (Å²) in [6.07, 6.45) is 2.97. The lowest BCUT2D eigenvalue weighted by Gasteiger charge is -2.36. The molecule has 90 valence electrons. The Morgan fingerprint density at radius 2 is 2.18 bits per heavy atom. The Hall–Kier alpha value is -1.80. The topological polar surface area (TPSA) is 86.2 Å². The summed E-state index contributed by atoms with van der Waals surface area (Å²) in [6, 6.07) is 3.66. The Labute approximate surface area is 100 Å². The van der Waals surface area contributed by atoms with Gasteiger partial charge in [0.2, 0.25) is 0 Å². The van der Waals surface area contributed by atoms with E-state index in [0.717, 1.165) is 0 Å². The van der Waals surface area contributed by atoms with Crippen LogP contribution >= 0.6 is 0 Å². The van der Waals surface area contributed by atoms with Gasteiger partial charge in [0.25, 0.3) is 0 Å². The summed E-state index contributed by atoms with van der Waals surface area (Å²) in [4.78, 5) is 6.25. The maximum atomic E-state index is 9.88. The standard InChI is InChI=1S/C12H16N4O/c1-12(17)3-6-16(7-4-12)11-10(14)9(8-13)2-5-15-11/h2,5,17H,3-4,6-7,14H2,1H3. The molecule has 1 aliphatic rings. The Bertz CT molecular complexity index is 454. The molecule has 0 aromatic carbocycles. The van der Waals surface area contributed by atoms with E-state index in [1.165, 1.54) is 0 Å². The molecule has 0 saturated carbocycles. The predicted molar refractivity (Wildman–Crippen MR) is 65.4 cm³/mol. The van der Waals surface area contributed by atoms with Crippen molar-refractivity contribution < 1.29 is 5.11 Å². The molecule has 0 amide bonds. The van der Waals surface area contributed by atoms with Gasteiger partial charge in [0.15, 0.2) is 5.82 Å². The molecule has 2 heterocycles. The number of aliphatic hydroxyl groups is 1. The van der Waals surface area contributed by atoms with Crippen molar-refractivity contribution in [1.29, 1.82) is 5.26 Å². The lowest BCUT2D eigenvalue weighted by atomic mass is 9.94. The van der Waals surface area contributed by atoms with Crippen LogP contribution < -0.4 is 10.6 Å². The van der Waals surface area contributed by atoms with Crippen molar-refractivity contribution in [1.82, 2.24) is 4.98 Å². The first-order valence-corrected chi connectivity index (χ1v) is 5.65. The SMILES string of the molecule is CC1(O)CCN(c2nccc(C#N)c2N)CC1. The second kappa shape index (κ2) is 4.22. The molecule has 17 heavy (non-hydrogen) atoms. The second-order valence-electron chi connectivity index (χ2n) is 4.69. The number of aromatic nitrogens is 1. The van der Waals surface area contributed by atoms with Crippen molar-refractivity contribution in [2.75, 3.05) is 23.7 Å². The average Bonchev–Trinajstić information content (AvgIpc) is 2.30. The highest BCUT2D eigenvalue weighted by atomic mass is 16.3. The van der Waals surface area contributed by atoms with E-state index in [1.54, 1.807) is 12.3 Å². The van der Waals surface area contributed by atoms with Gasteiger partial charge in [0, 0.05) is 19.3 Å². The predicted octanol–water partition coefficient (Wildman–Crippen LogP) is 0.887. The largest absolute Gasteiger partial charge is 0.395 e. The fourth-order valence-electron chi connectivity index (χ4n) is 2.01. The van der Waals surface area contributed by atoms with Crippen LogP contribution in [0.3, 0.4) is 0 Å². The van der Waals surface area contributed by atoms with Crippen molar-refractivity contribution >= 4 is 11.5 Å². The van der Waals surface area contributed by atoms with Crippen molar-refractivity contribution in [3.63, 3.8) is 0 Å². The first kappa shape index (κ1) is 11.7. The van der Waals surface area contributed by atoms with E-state index < -0.39 is 5.60 Å². The van der Waals surface area contributed by atoms with Gasteiger partial charge in [0.1, 0.15) is 6.07 Å². The Morgan fingerprint density at radius 3 is 2.76 bits per heavy atom. The molecule has 1 aromatic heterocycles. The van der Waals surface area contributed by atoms with Gasteiger partial charge in [-0.25, -0.2) is 4.98 Å². The number of rotatable bonds is 1. The molecular weight excluding hydrogens is 216 g/mol. The zero-order valence-electron chi connectivity index (χ0n) is 9.85. The van der Waals surface area contributed by atoms with Crippen molar-refractivity contribution in [2.24, 2.45) is 0 Å². The van der Waals surface area contributed by atoms with Gasteiger partial charge in [-0.1, -0.05) is 0 Å². The third-order valence-electron chi connectivity index (χ3n) is 3.23. The zero-order valence-corrected chi connectivity index (χ0v) is 9.85. The van der Waals surface area contributed by atoms with Crippen molar-refractivity contribution in [2.45, 2.75) is 25.4 Å². The number of pyridine rings is 1. The minimum atomic E-state index is -0.599. The Kier molecular flexibility index (Phi) is 2.90. The average molecular weight is 232 g/mol. The molecule has 1 fully saturated rings. The molecule has 5 nitrogen and oxygen atoms in total. The Balaban J connectivity index is 2.22. The van der Waals surface area contributed by atoms with Crippen LogP contribution in [-0.4, -0.2) is 28.8 Å². The molecule has 2 rings (SSSR count). The van der Waals surface area contributed by atoms with Gasteiger partial charge >= 0.3 is 0 Å². The molecule has 0 unspecified atom stereocenters. The van der Waals surface area contributed by atoms with Crippen molar-refractivity contribution in [3.05, 3.63) is 17.8 Å². The van der Waals surface area contributed by atoms with Crippen LogP contribution in [0.1, 0.15) is 25.3 Å². The summed E-state index contributed by atoms with van der Waals surface area (Å²) in [7, 11) is 0. The molecule has 0 radical (unpaired) electrons. The lowest BCUT2D eigenvalue weighted by molar-refractivity contribution is 0.0350. The van der Waals surface area contributed by atoms with E-state index in [-0.39, 0.29) is 0 Å². The molecule has 5 heteroatoms. The van der Waals surface area contributed by atoms with Crippen LogP contribution in [0.25, 0.3) is 0 Å². The minimum Gasteiger partial charge on any atom is -0.395 e. The minimum absolute atomic E-state index is 0.427. The van der Waals surface area contributed by atoms with Gasteiger partial charge in [0.05, 0.1) is 16.9 Å². The Morgan fingerprint density at radius 1 is 1.53 bits per heavy atom. The molecular formula is C12H16N4O. The summed E-state index contributed by atoms with van der Waals surface area (Å²) >= 11 is 0. The van der Waals surface area contributed by atoms with Gasteiger partial charge in [-0.2, -0.15) is 5.26 Å². The number of nitrogen functional groups attached to an aromatic ring is 1. The number of nitrogens with two attached hydrogens (primary N) is 1. The molecule has 0 spiro atoms. The normalized spacial score (nSPS) is 18.8. The molecule has 0 bridgehead atoms. The van der Waals surface area contributed by atoms with E-state index in [1.807, 2.05) is 17.9 Å². The van der Waals surface area contributed by atoms with Crippen LogP contribution in [0.2, 0.25) is 0 Å². The first-order chi connectivity index (χ1) is 8.03. The smallest absolute Gasteiger partial charge is 0.153 e. The molecule has 3 N–H and O–H groups in total. The van der Waals surface area contributed by atoms with Crippen molar-refractivity contribution in [3.8, 4) is 6.07 Å². The summed E-state index contributed by atoms with van der Waals surface area (Å²) in [5.41, 5.74) is 6.18. The van der Waals surface area contributed by atoms with Crippen LogP contribution in [0, 0.1) is 11.3 Å². The maximum Gasteiger partial charge on any atom is 0.153 e. The molecule has 1 aromatic rings. The zero-order chi connectivity index (χ0) is 12.5. The third-order valence-corrected chi connectivity index (χ3v) is 3.23. The summed E-state index contributed by atoms with van der Waals surface area (Å²) in [6.45, 7) is 3.25. The van der Waals surface area contributed by atoms with E-state index in [2.05, 4.69) is 4.98 Å². The fourth-order valence-corrected chi connectivity index (χ4v) is 2.01. The number of hydrogen-bond donors (Lipinski definition) is 2.